The quantitative estimate of drug-likeness (QED) is 0.760. The molecule has 6 nitrogen and oxygen atoms in total. The summed E-state index contributed by atoms with van der Waals surface area (Å²) in [5, 5.41) is 2.80. The summed E-state index contributed by atoms with van der Waals surface area (Å²) in [6, 6.07) is 5.17. The van der Waals surface area contributed by atoms with Crippen LogP contribution in [0.15, 0.2) is 24.3 Å². The van der Waals surface area contributed by atoms with Gasteiger partial charge in [-0.05, 0) is 50.3 Å². The fourth-order valence-corrected chi connectivity index (χ4v) is 4.15. The van der Waals surface area contributed by atoms with E-state index >= 15 is 0 Å². The highest BCUT2D eigenvalue weighted by molar-refractivity contribution is 6.09. The van der Waals surface area contributed by atoms with Gasteiger partial charge in [0.1, 0.15) is 17.9 Å². The summed E-state index contributed by atoms with van der Waals surface area (Å²) < 4.78 is 13.4. The number of benzene rings is 1. The Morgan fingerprint density at radius 1 is 1.25 bits per heavy atom. The lowest BCUT2D eigenvalue weighted by Gasteiger charge is -2.34. The summed E-state index contributed by atoms with van der Waals surface area (Å²) >= 11 is 0. The van der Waals surface area contributed by atoms with E-state index in [9.17, 15) is 18.8 Å². The standard InChI is InChI=1S/C21H28FN3O3/c1-3-4-12-21(16-8-10-17(22)11-9-16)19(27)25(20(28)23-21)14-18(26)24-13-6-5-7-15(24)2/h8-11,15H,3-7,12-14H2,1-2H3,(H,23,28)/t15-,21+/m0/s1. The number of nitrogens with one attached hydrogen (secondary N) is 1. The number of hydrogen-bond donors (Lipinski definition) is 1. The molecule has 1 N–H and O–H groups in total. The lowest BCUT2D eigenvalue weighted by atomic mass is 9.84. The number of halogens is 1. The Hall–Kier alpha value is -2.44. The van der Waals surface area contributed by atoms with E-state index < -0.39 is 23.3 Å². The van der Waals surface area contributed by atoms with E-state index in [-0.39, 0.29) is 18.5 Å². The van der Waals surface area contributed by atoms with Crippen LogP contribution in [0, 0.1) is 5.82 Å². The number of likely N-dealkylation sites (tertiary alicyclic amines) is 1. The Morgan fingerprint density at radius 3 is 2.61 bits per heavy atom. The molecule has 2 fully saturated rings. The molecule has 2 saturated heterocycles. The maximum absolute atomic E-state index is 13.4. The molecule has 0 aromatic heterocycles. The lowest BCUT2D eigenvalue weighted by Crippen LogP contribution is -2.49. The molecule has 1 aromatic carbocycles. The van der Waals surface area contributed by atoms with Crippen LogP contribution in [0.3, 0.4) is 0 Å². The predicted octanol–water partition coefficient (Wildman–Crippen LogP) is 3.16. The van der Waals surface area contributed by atoms with Crippen LogP contribution in [0.2, 0.25) is 0 Å². The van der Waals surface area contributed by atoms with Crippen LogP contribution in [-0.2, 0) is 15.1 Å². The summed E-state index contributed by atoms with van der Waals surface area (Å²) in [4.78, 5) is 41.5. The van der Waals surface area contributed by atoms with E-state index in [0.29, 0.717) is 24.9 Å². The van der Waals surface area contributed by atoms with E-state index in [1.807, 2.05) is 13.8 Å². The smallest absolute Gasteiger partial charge is 0.325 e. The number of rotatable bonds is 6. The average molecular weight is 389 g/mol. The van der Waals surface area contributed by atoms with Gasteiger partial charge in [0, 0.05) is 12.6 Å². The van der Waals surface area contributed by atoms with Gasteiger partial charge in [0.05, 0.1) is 0 Å². The average Bonchev–Trinajstić information content (AvgIpc) is 2.92. The van der Waals surface area contributed by atoms with Gasteiger partial charge >= 0.3 is 6.03 Å². The van der Waals surface area contributed by atoms with Crippen molar-refractivity contribution >= 4 is 17.8 Å². The Kier molecular flexibility index (Phi) is 6.01. The number of imide groups is 1. The number of hydrogen-bond acceptors (Lipinski definition) is 3. The summed E-state index contributed by atoms with van der Waals surface area (Å²) in [6.07, 6.45) is 4.92. The van der Waals surface area contributed by atoms with Crippen molar-refractivity contribution in [3.63, 3.8) is 0 Å². The summed E-state index contributed by atoms with van der Waals surface area (Å²) in [7, 11) is 0. The van der Waals surface area contributed by atoms with E-state index in [4.69, 9.17) is 0 Å². The number of unbranched alkanes of at least 4 members (excludes halogenated alkanes) is 1. The first-order chi connectivity index (χ1) is 13.4. The van der Waals surface area contributed by atoms with E-state index in [0.717, 1.165) is 30.6 Å². The van der Waals surface area contributed by atoms with Crippen LogP contribution >= 0.6 is 0 Å². The van der Waals surface area contributed by atoms with Crippen molar-refractivity contribution in [2.75, 3.05) is 13.1 Å². The zero-order valence-corrected chi connectivity index (χ0v) is 16.5. The van der Waals surface area contributed by atoms with Crippen molar-refractivity contribution < 1.29 is 18.8 Å². The number of urea groups is 1. The monoisotopic (exact) mass is 389 g/mol. The first kappa shape index (κ1) is 20.3. The normalized spacial score (nSPS) is 25.2. The van der Waals surface area contributed by atoms with Gasteiger partial charge in [0.25, 0.3) is 5.91 Å². The van der Waals surface area contributed by atoms with Gasteiger partial charge in [-0.1, -0.05) is 31.9 Å². The number of amides is 4. The van der Waals surface area contributed by atoms with Gasteiger partial charge in [-0.15, -0.1) is 0 Å². The van der Waals surface area contributed by atoms with Gasteiger partial charge in [-0.3, -0.25) is 14.5 Å². The fraction of sp³-hybridized carbons (Fsp3) is 0.571. The molecular formula is C21H28FN3O3. The molecule has 152 valence electrons. The van der Waals surface area contributed by atoms with E-state index in [2.05, 4.69) is 5.32 Å². The molecule has 0 aliphatic carbocycles. The second-order valence-electron chi connectivity index (χ2n) is 7.77. The SMILES string of the molecule is CCCC[C@]1(c2ccc(F)cc2)NC(=O)N(CC(=O)N2CCCC[C@@H]2C)C1=O. The molecule has 3 rings (SSSR count). The molecule has 0 saturated carbocycles. The number of carbonyl (C=O) groups excluding carboxylic acids is 3. The predicted molar refractivity (Wildman–Crippen MR) is 103 cm³/mol. The molecule has 2 atom stereocenters. The highest BCUT2D eigenvalue weighted by Gasteiger charge is 2.52. The number of piperidine rings is 1. The van der Waals surface area contributed by atoms with E-state index in [1.54, 1.807) is 4.90 Å². The molecule has 2 heterocycles. The molecule has 2 aliphatic heterocycles. The molecule has 0 bridgehead atoms. The zero-order valence-electron chi connectivity index (χ0n) is 16.5. The fourth-order valence-electron chi connectivity index (χ4n) is 4.15. The Labute approximate surface area is 165 Å². The van der Waals surface area contributed by atoms with Crippen molar-refractivity contribution in [3.05, 3.63) is 35.6 Å². The largest absolute Gasteiger partial charge is 0.338 e. The van der Waals surface area contributed by atoms with Crippen molar-refractivity contribution in [2.45, 2.75) is 64.0 Å². The second-order valence-corrected chi connectivity index (χ2v) is 7.77. The third-order valence-corrected chi connectivity index (χ3v) is 5.83. The first-order valence-corrected chi connectivity index (χ1v) is 10.1. The molecule has 0 unspecified atom stereocenters. The maximum Gasteiger partial charge on any atom is 0.325 e. The Morgan fingerprint density at radius 2 is 1.96 bits per heavy atom. The minimum absolute atomic E-state index is 0.115. The van der Waals surface area contributed by atoms with Crippen LogP contribution in [0.4, 0.5) is 9.18 Å². The number of nitrogens with zero attached hydrogens (tertiary/aromatic N) is 2. The molecule has 28 heavy (non-hydrogen) atoms. The first-order valence-electron chi connectivity index (χ1n) is 10.1. The molecular weight excluding hydrogens is 361 g/mol. The topological polar surface area (TPSA) is 69.7 Å². The molecule has 7 heteroatoms. The van der Waals surface area contributed by atoms with Crippen LogP contribution in [-0.4, -0.2) is 46.8 Å². The summed E-state index contributed by atoms with van der Waals surface area (Å²) in [5.74, 6) is -1.05. The molecule has 0 radical (unpaired) electrons. The molecule has 1 aromatic rings. The van der Waals surface area contributed by atoms with Crippen LogP contribution in [0.25, 0.3) is 0 Å². The molecule has 4 amide bonds. The van der Waals surface area contributed by atoms with Crippen LogP contribution in [0.5, 0.6) is 0 Å². The molecule has 0 spiro atoms. The van der Waals surface area contributed by atoms with Gasteiger partial charge in [0.2, 0.25) is 5.91 Å². The van der Waals surface area contributed by atoms with Gasteiger partial charge < -0.3 is 10.2 Å². The third-order valence-electron chi connectivity index (χ3n) is 5.83. The second kappa shape index (κ2) is 8.29. The minimum atomic E-state index is -1.24. The van der Waals surface area contributed by atoms with Crippen molar-refractivity contribution in [2.24, 2.45) is 0 Å². The van der Waals surface area contributed by atoms with E-state index in [1.165, 1.54) is 24.3 Å². The Bertz CT molecular complexity index is 752. The van der Waals surface area contributed by atoms with Gasteiger partial charge in [-0.25, -0.2) is 9.18 Å². The minimum Gasteiger partial charge on any atom is -0.338 e. The van der Waals surface area contributed by atoms with Crippen molar-refractivity contribution in [3.8, 4) is 0 Å². The Balaban J connectivity index is 1.84. The number of carbonyl (C=O) groups is 3. The van der Waals surface area contributed by atoms with Gasteiger partial charge in [-0.2, -0.15) is 0 Å². The van der Waals surface area contributed by atoms with Crippen molar-refractivity contribution in [1.29, 1.82) is 0 Å². The zero-order chi connectivity index (χ0) is 20.3. The van der Waals surface area contributed by atoms with Crippen molar-refractivity contribution in [1.82, 2.24) is 15.1 Å². The highest BCUT2D eigenvalue weighted by atomic mass is 19.1. The lowest BCUT2D eigenvalue weighted by molar-refractivity contribution is -0.141. The maximum atomic E-state index is 13.4. The van der Waals surface area contributed by atoms with Crippen LogP contribution < -0.4 is 5.32 Å². The van der Waals surface area contributed by atoms with Crippen LogP contribution in [0.1, 0.15) is 57.9 Å². The van der Waals surface area contributed by atoms with Gasteiger partial charge in [0.15, 0.2) is 0 Å². The third kappa shape index (κ3) is 3.75. The molecule has 2 aliphatic rings. The highest BCUT2D eigenvalue weighted by Crippen LogP contribution is 2.34. The summed E-state index contributed by atoms with van der Waals surface area (Å²) in [6.45, 7) is 4.39. The summed E-state index contributed by atoms with van der Waals surface area (Å²) in [5.41, 5.74) is -0.698.